The molecule has 66 valence electrons. The van der Waals surface area contributed by atoms with Gasteiger partial charge in [-0.05, 0) is 32.3 Å². The molecule has 0 N–H and O–H groups in total. The third kappa shape index (κ3) is 1.15. The third-order valence-corrected chi connectivity index (χ3v) is 2.77. The Kier molecular flexibility index (Phi) is 1.91. The smallest absolute Gasteiger partial charge is 0.0596 e. The molecule has 1 aromatic heterocycles. The number of rotatable bonds is 1. The number of nitrogens with zero attached hydrogens (tertiary/aromatic N) is 2. The van der Waals surface area contributed by atoms with Crippen LogP contribution in [-0.4, -0.2) is 9.78 Å². The normalized spacial score (nSPS) is 22.3. The summed E-state index contributed by atoms with van der Waals surface area (Å²) in [6.45, 7) is 5.47. The van der Waals surface area contributed by atoms with Crippen LogP contribution < -0.4 is 0 Å². The molecule has 12 heavy (non-hydrogen) atoms. The van der Waals surface area contributed by atoms with Crippen molar-refractivity contribution in [2.75, 3.05) is 0 Å². The van der Waals surface area contributed by atoms with Crippen molar-refractivity contribution < 1.29 is 0 Å². The summed E-state index contributed by atoms with van der Waals surface area (Å²) in [7, 11) is 0. The lowest BCUT2D eigenvalue weighted by atomic mass is 9.94. The van der Waals surface area contributed by atoms with Crippen LogP contribution in [0.15, 0.2) is 6.07 Å². The fraction of sp³-hybridized carbons (Fsp3) is 0.700. The summed E-state index contributed by atoms with van der Waals surface area (Å²) in [4.78, 5) is 0. The van der Waals surface area contributed by atoms with E-state index in [0.717, 1.165) is 12.5 Å². The van der Waals surface area contributed by atoms with Gasteiger partial charge < -0.3 is 0 Å². The predicted octanol–water partition coefficient (Wildman–Crippen LogP) is 2.48. The molecule has 0 amide bonds. The van der Waals surface area contributed by atoms with Crippen LogP contribution in [0.2, 0.25) is 0 Å². The fourth-order valence-electron chi connectivity index (χ4n) is 2.12. The van der Waals surface area contributed by atoms with Gasteiger partial charge in [-0.1, -0.05) is 6.92 Å². The van der Waals surface area contributed by atoms with E-state index >= 15 is 0 Å². The molecule has 2 nitrogen and oxygen atoms in total. The molecule has 1 aliphatic heterocycles. The maximum absolute atomic E-state index is 4.47. The van der Waals surface area contributed by atoms with Crippen molar-refractivity contribution in [2.45, 2.75) is 45.6 Å². The van der Waals surface area contributed by atoms with Crippen molar-refractivity contribution in [3.05, 3.63) is 17.5 Å². The Balaban J connectivity index is 2.36. The minimum atomic E-state index is 0.764. The average molecular weight is 164 g/mol. The zero-order valence-corrected chi connectivity index (χ0v) is 7.88. The Labute approximate surface area is 73.6 Å². The summed E-state index contributed by atoms with van der Waals surface area (Å²) >= 11 is 0. The largest absolute Gasteiger partial charge is 0.269 e. The van der Waals surface area contributed by atoms with Gasteiger partial charge in [0.15, 0.2) is 0 Å². The number of aromatic nitrogens is 2. The highest BCUT2D eigenvalue weighted by Gasteiger charge is 2.19. The van der Waals surface area contributed by atoms with Crippen molar-refractivity contribution in [3.8, 4) is 0 Å². The van der Waals surface area contributed by atoms with E-state index in [1.165, 1.54) is 30.7 Å². The second-order valence-electron chi connectivity index (χ2n) is 3.68. The molecule has 1 unspecified atom stereocenters. The van der Waals surface area contributed by atoms with Gasteiger partial charge in [0.1, 0.15) is 0 Å². The molecule has 0 saturated carbocycles. The van der Waals surface area contributed by atoms with Crippen molar-refractivity contribution in [1.29, 1.82) is 0 Å². The minimum Gasteiger partial charge on any atom is -0.269 e. The molecule has 2 heterocycles. The van der Waals surface area contributed by atoms with Gasteiger partial charge >= 0.3 is 0 Å². The van der Waals surface area contributed by atoms with Crippen LogP contribution in [0.3, 0.4) is 0 Å². The topological polar surface area (TPSA) is 17.8 Å². The van der Waals surface area contributed by atoms with Gasteiger partial charge in [-0.25, -0.2) is 0 Å². The van der Waals surface area contributed by atoms with E-state index in [0.29, 0.717) is 0 Å². The highest BCUT2D eigenvalue weighted by molar-refractivity contribution is 5.15. The lowest BCUT2D eigenvalue weighted by molar-refractivity contribution is 0.416. The first-order chi connectivity index (χ1) is 5.81. The monoisotopic (exact) mass is 164 g/mol. The Morgan fingerprint density at radius 3 is 3.25 bits per heavy atom. The maximum atomic E-state index is 4.47. The van der Waals surface area contributed by atoms with E-state index < -0.39 is 0 Å². The molecule has 0 radical (unpaired) electrons. The van der Waals surface area contributed by atoms with Crippen LogP contribution in [0.5, 0.6) is 0 Å². The molecule has 0 aliphatic carbocycles. The summed E-state index contributed by atoms with van der Waals surface area (Å²) in [5.74, 6) is 0.764. The second-order valence-corrected chi connectivity index (χ2v) is 3.68. The van der Waals surface area contributed by atoms with Gasteiger partial charge in [-0.15, -0.1) is 0 Å². The molecular weight excluding hydrogens is 148 g/mol. The Bertz CT molecular complexity index is 275. The molecule has 0 aromatic carbocycles. The molecule has 0 saturated heterocycles. The first kappa shape index (κ1) is 7.84. The van der Waals surface area contributed by atoms with Gasteiger partial charge in [-0.3, -0.25) is 4.68 Å². The lowest BCUT2D eigenvalue weighted by Gasteiger charge is -2.21. The first-order valence-electron chi connectivity index (χ1n) is 4.85. The van der Waals surface area contributed by atoms with Gasteiger partial charge in [0.05, 0.1) is 5.69 Å². The quantitative estimate of drug-likeness (QED) is 0.623. The molecule has 0 bridgehead atoms. The van der Waals surface area contributed by atoms with E-state index in [2.05, 4.69) is 29.7 Å². The van der Waals surface area contributed by atoms with Gasteiger partial charge in [0.25, 0.3) is 0 Å². The van der Waals surface area contributed by atoms with Crippen molar-refractivity contribution in [2.24, 2.45) is 0 Å². The lowest BCUT2D eigenvalue weighted by Crippen LogP contribution is -2.15. The first-order valence-corrected chi connectivity index (χ1v) is 4.85. The van der Waals surface area contributed by atoms with E-state index in [9.17, 15) is 0 Å². The van der Waals surface area contributed by atoms with E-state index in [1.807, 2.05) is 0 Å². The predicted molar refractivity (Wildman–Crippen MR) is 49.2 cm³/mol. The molecular formula is C10H16N2. The van der Waals surface area contributed by atoms with Crippen molar-refractivity contribution >= 4 is 0 Å². The fourth-order valence-corrected chi connectivity index (χ4v) is 2.12. The molecule has 1 aliphatic rings. The van der Waals surface area contributed by atoms with Crippen LogP contribution in [0, 0.1) is 6.92 Å². The van der Waals surface area contributed by atoms with Crippen LogP contribution >= 0.6 is 0 Å². The number of hydrogen-bond acceptors (Lipinski definition) is 1. The molecule has 0 spiro atoms. The highest BCUT2D eigenvalue weighted by Crippen LogP contribution is 2.29. The molecule has 2 rings (SSSR count). The van der Waals surface area contributed by atoms with Gasteiger partial charge in [0.2, 0.25) is 0 Å². The maximum Gasteiger partial charge on any atom is 0.0596 e. The number of aryl methyl sites for hydroxylation is 2. The van der Waals surface area contributed by atoms with E-state index in [-0.39, 0.29) is 0 Å². The Morgan fingerprint density at radius 1 is 1.67 bits per heavy atom. The number of hydrogen-bond donors (Lipinski definition) is 0. The van der Waals surface area contributed by atoms with Crippen molar-refractivity contribution in [3.63, 3.8) is 0 Å². The third-order valence-electron chi connectivity index (χ3n) is 2.77. The summed E-state index contributed by atoms with van der Waals surface area (Å²) in [5.41, 5.74) is 2.63. The van der Waals surface area contributed by atoms with Crippen LogP contribution in [-0.2, 0) is 6.54 Å². The van der Waals surface area contributed by atoms with Crippen molar-refractivity contribution in [1.82, 2.24) is 9.78 Å². The summed E-state index contributed by atoms with van der Waals surface area (Å²) in [5, 5.41) is 4.47. The molecule has 2 heteroatoms. The molecule has 1 atom stereocenters. The van der Waals surface area contributed by atoms with E-state index in [1.54, 1.807) is 0 Å². The zero-order valence-electron chi connectivity index (χ0n) is 7.88. The van der Waals surface area contributed by atoms with Crippen LogP contribution in [0.1, 0.15) is 43.5 Å². The number of fused-ring (bicyclic) bond motifs is 1. The standard InChI is InChI=1S/C10H16N2/c1-3-9-5-4-6-12-10(9)7-8(2)11-12/h7,9H,3-6H2,1-2H3. The highest BCUT2D eigenvalue weighted by atomic mass is 15.3. The zero-order chi connectivity index (χ0) is 8.55. The summed E-state index contributed by atoms with van der Waals surface area (Å²) < 4.78 is 2.19. The molecule has 0 fully saturated rings. The van der Waals surface area contributed by atoms with Gasteiger partial charge in [-0.2, -0.15) is 5.10 Å². The van der Waals surface area contributed by atoms with Crippen LogP contribution in [0.4, 0.5) is 0 Å². The summed E-state index contributed by atoms with van der Waals surface area (Å²) in [6.07, 6.45) is 3.90. The minimum absolute atomic E-state index is 0.764. The SMILES string of the molecule is CCC1CCCn2nc(C)cc21. The van der Waals surface area contributed by atoms with Gasteiger partial charge in [0, 0.05) is 18.2 Å². The Hall–Kier alpha value is -0.790. The second kappa shape index (κ2) is 2.92. The average Bonchev–Trinajstić information content (AvgIpc) is 2.44. The van der Waals surface area contributed by atoms with Crippen LogP contribution in [0.25, 0.3) is 0 Å². The van der Waals surface area contributed by atoms with E-state index in [4.69, 9.17) is 0 Å². The summed E-state index contributed by atoms with van der Waals surface area (Å²) in [6, 6.07) is 2.24. The molecule has 1 aromatic rings. The Morgan fingerprint density at radius 2 is 2.50 bits per heavy atom.